The van der Waals surface area contributed by atoms with E-state index < -0.39 is 0 Å². The van der Waals surface area contributed by atoms with E-state index in [1.54, 1.807) is 12.1 Å². The first-order valence-electron chi connectivity index (χ1n) is 6.24. The Bertz CT molecular complexity index is 418. The molecule has 1 aliphatic rings. The molecule has 1 fully saturated rings. The van der Waals surface area contributed by atoms with Crippen LogP contribution in [0.3, 0.4) is 0 Å². The van der Waals surface area contributed by atoms with Crippen molar-refractivity contribution in [3.05, 3.63) is 34.9 Å². The van der Waals surface area contributed by atoms with Gasteiger partial charge in [-0.15, -0.1) is 0 Å². The van der Waals surface area contributed by atoms with Crippen molar-refractivity contribution in [2.45, 2.75) is 18.9 Å². The average Bonchev–Trinajstić information content (AvgIpc) is 2.90. The van der Waals surface area contributed by atoms with E-state index in [2.05, 4.69) is 11.9 Å². The minimum atomic E-state index is 0.137. The number of ketones is 1. The van der Waals surface area contributed by atoms with E-state index in [9.17, 15) is 4.79 Å². The van der Waals surface area contributed by atoms with Gasteiger partial charge in [-0.2, -0.15) is 11.8 Å². The molecule has 18 heavy (non-hydrogen) atoms. The van der Waals surface area contributed by atoms with Crippen molar-refractivity contribution in [2.24, 2.45) is 0 Å². The molecule has 1 atom stereocenters. The highest BCUT2D eigenvalue weighted by atomic mass is 35.5. The van der Waals surface area contributed by atoms with Gasteiger partial charge in [-0.1, -0.05) is 23.7 Å². The number of carbonyl (C=O) groups excluding carboxylic acids is 1. The first-order chi connectivity index (χ1) is 8.68. The minimum Gasteiger partial charge on any atom is -0.302 e. The van der Waals surface area contributed by atoms with Crippen LogP contribution >= 0.6 is 23.4 Å². The van der Waals surface area contributed by atoms with Crippen LogP contribution in [0.15, 0.2) is 24.3 Å². The molecule has 0 bridgehead atoms. The van der Waals surface area contributed by atoms with Crippen LogP contribution in [-0.4, -0.2) is 41.8 Å². The van der Waals surface area contributed by atoms with Crippen molar-refractivity contribution in [1.29, 1.82) is 0 Å². The molecule has 0 amide bonds. The zero-order chi connectivity index (χ0) is 13.0. The second-order valence-corrected chi connectivity index (χ2v) is 6.21. The maximum absolute atomic E-state index is 12.1. The molecule has 0 aliphatic carbocycles. The topological polar surface area (TPSA) is 20.3 Å². The molecule has 0 spiro atoms. The Hall–Kier alpha value is -0.510. The highest BCUT2D eigenvalue weighted by Gasteiger charge is 2.20. The molecule has 0 radical (unpaired) electrons. The fourth-order valence-electron chi connectivity index (χ4n) is 2.15. The van der Waals surface area contributed by atoms with Gasteiger partial charge in [-0.05, 0) is 31.4 Å². The number of hydrogen-bond acceptors (Lipinski definition) is 3. The average molecular weight is 284 g/mol. The molecule has 98 valence electrons. The maximum atomic E-state index is 12.1. The lowest BCUT2D eigenvalue weighted by atomic mass is 10.1. The maximum Gasteiger partial charge on any atom is 0.165 e. The largest absolute Gasteiger partial charge is 0.302 e. The summed E-state index contributed by atoms with van der Waals surface area (Å²) >= 11 is 8.02. The quantitative estimate of drug-likeness (QED) is 0.773. The van der Waals surface area contributed by atoms with E-state index in [-0.39, 0.29) is 5.78 Å². The van der Waals surface area contributed by atoms with Crippen molar-refractivity contribution in [2.75, 3.05) is 25.1 Å². The molecule has 2 rings (SSSR count). The lowest BCUT2D eigenvalue weighted by molar-refractivity contribution is 0.0963. The van der Waals surface area contributed by atoms with Crippen LogP contribution in [0.2, 0.25) is 5.02 Å². The molecule has 2 nitrogen and oxygen atoms in total. The van der Waals surface area contributed by atoms with E-state index in [0.29, 0.717) is 23.0 Å². The molecule has 4 heteroatoms. The van der Waals surface area contributed by atoms with Crippen LogP contribution in [0.4, 0.5) is 0 Å². The lowest BCUT2D eigenvalue weighted by Crippen LogP contribution is -2.33. The molecule has 1 aromatic rings. The number of thioether (sulfide) groups is 1. The summed E-state index contributed by atoms with van der Waals surface area (Å²) in [5.74, 6) is 2.57. The Morgan fingerprint density at radius 3 is 2.94 bits per heavy atom. The van der Waals surface area contributed by atoms with E-state index in [4.69, 9.17) is 11.6 Å². The van der Waals surface area contributed by atoms with Crippen molar-refractivity contribution < 1.29 is 4.79 Å². The van der Waals surface area contributed by atoms with Gasteiger partial charge in [-0.3, -0.25) is 4.79 Å². The second kappa shape index (κ2) is 6.60. The predicted octanol–water partition coefficient (Wildman–Crippen LogP) is 3.35. The van der Waals surface area contributed by atoms with Crippen molar-refractivity contribution in [3.8, 4) is 0 Å². The summed E-state index contributed by atoms with van der Waals surface area (Å²) in [7, 11) is 2.11. The number of hydrogen-bond donors (Lipinski definition) is 0. The Morgan fingerprint density at radius 1 is 1.50 bits per heavy atom. The molecule has 1 saturated heterocycles. The zero-order valence-electron chi connectivity index (χ0n) is 10.6. The fraction of sp³-hybridized carbons (Fsp3) is 0.500. The normalized spacial score (nSPS) is 19.4. The van der Waals surface area contributed by atoms with Crippen LogP contribution in [0.5, 0.6) is 0 Å². The first-order valence-corrected chi connectivity index (χ1v) is 7.77. The number of halogens is 1. The summed E-state index contributed by atoms with van der Waals surface area (Å²) in [5, 5.41) is 0.557. The number of carbonyl (C=O) groups is 1. The fourth-order valence-corrected chi connectivity index (χ4v) is 3.69. The zero-order valence-corrected chi connectivity index (χ0v) is 12.1. The molecular formula is C14H18ClNOS. The summed E-state index contributed by atoms with van der Waals surface area (Å²) in [6, 6.07) is 7.91. The van der Waals surface area contributed by atoms with Gasteiger partial charge in [0.25, 0.3) is 0 Å². The smallest absolute Gasteiger partial charge is 0.165 e. The summed E-state index contributed by atoms with van der Waals surface area (Å²) in [4.78, 5) is 14.4. The van der Waals surface area contributed by atoms with E-state index in [0.717, 1.165) is 6.54 Å². The van der Waals surface area contributed by atoms with Gasteiger partial charge in [-0.25, -0.2) is 0 Å². The summed E-state index contributed by atoms with van der Waals surface area (Å²) in [6.45, 7) is 0.815. The van der Waals surface area contributed by atoms with Gasteiger partial charge in [0.1, 0.15) is 0 Å². The SMILES string of the molecule is CN(CCC(=O)c1ccccc1Cl)C1CCSC1. The Labute approximate surface area is 118 Å². The van der Waals surface area contributed by atoms with Gasteiger partial charge in [0.05, 0.1) is 5.02 Å². The summed E-state index contributed by atoms with van der Waals surface area (Å²) in [6.07, 6.45) is 1.78. The van der Waals surface area contributed by atoms with Gasteiger partial charge in [0, 0.05) is 30.3 Å². The third-order valence-electron chi connectivity index (χ3n) is 3.39. The van der Waals surface area contributed by atoms with Crippen molar-refractivity contribution in [1.82, 2.24) is 4.90 Å². The molecule has 0 aromatic heterocycles. The van der Waals surface area contributed by atoms with Gasteiger partial charge >= 0.3 is 0 Å². The van der Waals surface area contributed by atoms with E-state index in [1.165, 1.54) is 17.9 Å². The first kappa shape index (κ1) is 13.9. The standard InChI is InChI=1S/C14H18ClNOS/c1-16(11-7-9-18-10-11)8-6-14(17)12-4-2-3-5-13(12)15/h2-5,11H,6-10H2,1H3. The molecule has 1 aromatic carbocycles. The van der Waals surface area contributed by atoms with E-state index in [1.807, 2.05) is 23.9 Å². The Morgan fingerprint density at radius 2 is 2.28 bits per heavy atom. The molecule has 1 heterocycles. The Balaban J connectivity index is 1.86. The molecule has 0 saturated carbocycles. The third-order valence-corrected chi connectivity index (χ3v) is 4.87. The van der Waals surface area contributed by atoms with Crippen LogP contribution in [0.25, 0.3) is 0 Å². The summed E-state index contributed by atoms with van der Waals surface area (Å²) in [5.41, 5.74) is 0.647. The van der Waals surface area contributed by atoms with Crippen LogP contribution in [0.1, 0.15) is 23.2 Å². The molecule has 1 unspecified atom stereocenters. The highest BCUT2D eigenvalue weighted by molar-refractivity contribution is 7.99. The van der Waals surface area contributed by atoms with Crippen molar-refractivity contribution in [3.63, 3.8) is 0 Å². The van der Waals surface area contributed by atoms with Gasteiger partial charge in [0.15, 0.2) is 5.78 Å². The monoisotopic (exact) mass is 283 g/mol. The number of rotatable bonds is 5. The van der Waals surface area contributed by atoms with E-state index >= 15 is 0 Å². The highest BCUT2D eigenvalue weighted by Crippen LogP contribution is 2.22. The molecule has 0 N–H and O–H groups in total. The molecular weight excluding hydrogens is 266 g/mol. The third kappa shape index (κ3) is 3.50. The van der Waals surface area contributed by atoms with Gasteiger partial charge in [0.2, 0.25) is 0 Å². The number of Topliss-reactive ketones (excluding diaryl/α,β-unsaturated/α-hetero) is 1. The van der Waals surface area contributed by atoms with Crippen molar-refractivity contribution >= 4 is 29.1 Å². The lowest BCUT2D eigenvalue weighted by Gasteiger charge is -2.22. The molecule has 1 aliphatic heterocycles. The van der Waals surface area contributed by atoms with Crippen LogP contribution in [-0.2, 0) is 0 Å². The van der Waals surface area contributed by atoms with Crippen LogP contribution in [0, 0.1) is 0 Å². The minimum absolute atomic E-state index is 0.137. The second-order valence-electron chi connectivity index (χ2n) is 4.65. The number of nitrogens with zero attached hydrogens (tertiary/aromatic N) is 1. The van der Waals surface area contributed by atoms with Gasteiger partial charge < -0.3 is 4.90 Å². The Kier molecular flexibility index (Phi) is 5.10. The summed E-state index contributed by atoms with van der Waals surface area (Å²) < 4.78 is 0. The number of benzene rings is 1. The van der Waals surface area contributed by atoms with Crippen LogP contribution < -0.4 is 0 Å². The predicted molar refractivity (Wildman–Crippen MR) is 78.8 cm³/mol.